The van der Waals surface area contributed by atoms with Gasteiger partial charge in [-0.3, -0.25) is 4.98 Å². The molecule has 0 radical (unpaired) electrons. The summed E-state index contributed by atoms with van der Waals surface area (Å²) >= 11 is 9.15. The third-order valence-electron chi connectivity index (χ3n) is 4.85. The number of hydrogen-bond acceptors (Lipinski definition) is 4. The van der Waals surface area contributed by atoms with Gasteiger partial charge in [-0.2, -0.15) is 0 Å². The van der Waals surface area contributed by atoms with Crippen molar-refractivity contribution >= 4 is 33.3 Å². The van der Waals surface area contributed by atoms with Crippen LogP contribution in [-0.2, 0) is 0 Å². The Balaban J connectivity index is 1.73. The molecule has 0 saturated carbocycles. The fourth-order valence-electron chi connectivity index (χ4n) is 3.54. The van der Waals surface area contributed by atoms with E-state index in [4.69, 9.17) is 16.6 Å². The van der Waals surface area contributed by atoms with E-state index >= 15 is 0 Å². The molecular formula is C21H20BrN3O2S. The summed E-state index contributed by atoms with van der Waals surface area (Å²) in [5.41, 5.74) is 3.05. The lowest BCUT2D eigenvalue weighted by atomic mass is 10.0. The average molecular weight is 458 g/mol. The first-order valence-electron chi connectivity index (χ1n) is 9.03. The van der Waals surface area contributed by atoms with E-state index in [9.17, 15) is 5.11 Å². The fourth-order valence-corrected chi connectivity index (χ4v) is 4.56. The highest BCUT2D eigenvalue weighted by Crippen LogP contribution is 2.41. The summed E-state index contributed by atoms with van der Waals surface area (Å²) in [7, 11) is 0. The minimum Gasteiger partial charge on any atom is -0.459 e. The van der Waals surface area contributed by atoms with Crippen LogP contribution in [-0.4, -0.2) is 33.3 Å². The van der Waals surface area contributed by atoms with Gasteiger partial charge in [0.1, 0.15) is 17.6 Å². The van der Waals surface area contributed by atoms with Crippen molar-refractivity contribution in [1.29, 1.82) is 0 Å². The maximum absolute atomic E-state index is 9.53. The van der Waals surface area contributed by atoms with Gasteiger partial charge in [0.05, 0.1) is 18.3 Å². The van der Waals surface area contributed by atoms with Crippen LogP contribution in [0.2, 0.25) is 0 Å². The number of aliphatic hydroxyl groups is 1. The third-order valence-corrected chi connectivity index (χ3v) is 5.86. The van der Waals surface area contributed by atoms with Crippen LogP contribution in [0.1, 0.15) is 29.1 Å². The zero-order valence-electron chi connectivity index (χ0n) is 15.3. The molecule has 4 rings (SSSR count). The average Bonchev–Trinajstić information content (AvgIpc) is 3.28. The molecule has 3 heterocycles. The number of aliphatic hydroxyl groups excluding tert-OH is 1. The molecule has 28 heavy (non-hydrogen) atoms. The number of benzene rings is 1. The van der Waals surface area contributed by atoms with E-state index in [-0.39, 0.29) is 18.7 Å². The van der Waals surface area contributed by atoms with Crippen molar-refractivity contribution in [3.8, 4) is 11.3 Å². The van der Waals surface area contributed by atoms with Crippen LogP contribution >= 0.6 is 28.1 Å². The van der Waals surface area contributed by atoms with E-state index in [1.165, 1.54) is 5.56 Å². The van der Waals surface area contributed by atoms with Gasteiger partial charge in [-0.05, 0) is 61.1 Å². The standard InChI is InChI=1S/C21H20BrN3O2S/c1-13-5-6-14(15(22)12-13)17-7-8-18(27-17)20-19(16-4-2-3-9-23-16)24-21(28)25(20)10-11-26/h2-9,12,19-20,26H,10-11H2,1H3,(H,24,28)/t19-,20-/m0/s1. The van der Waals surface area contributed by atoms with Gasteiger partial charge in [0, 0.05) is 22.8 Å². The van der Waals surface area contributed by atoms with E-state index < -0.39 is 0 Å². The molecule has 0 amide bonds. The minimum atomic E-state index is -0.187. The molecule has 2 aromatic heterocycles. The highest BCUT2D eigenvalue weighted by Gasteiger charge is 2.41. The Kier molecular flexibility index (Phi) is 5.48. The zero-order valence-corrected chi connectivity index (χ0v) is 17.7. The number of nitrogens with zero attached hydrogens (tertiary/aromatic N) is 2. The van der Waals surface area contributed by atoms with Crippen LogP contribution in [0.4, 0.5) is 0 Å². The third kappa shape index (κ3) is 3.57. The molecule has 1 aliphatic heterocycles. The summed E-state index contributed by atoms with van der Waals surface area (Å²) in [6, 6.07) is 15.6. The van der Waals surface area contributed by atoms with Crippen LogP contribution in [0, 0.1) is 6.92 Å². The van der Waals surface area contributed by atoms with Gasteiger partial charge < -0.3 is 19.7 Å². The van der Waals surface area contributed by atoms with E-state index in [1.54, 1.807) is 6.20 Å². The molecule has 2 N–H and O–H groups in total. The molecule has 1 fully saturated rings. The predicted molar refractivity (Wildman–Crippen MR) is 116 cm³/mol. The van der Waals surface area contributed by atoms with Crippen LogP contribution in [0.3, 0.4) is 0 Å². The van der Waals surface area contributed by atoms with E-state index in [1.807, 2.05) is 41.3 Å². The van der Waals surface area contributed by atoms with Gasteiger partial charge in [-0.1, -0.05) is 28.1 Å². The van der Waals surface area contributed by atoms with Gasteiger partial charge in [-0.25, -0.2) is 0 Å². The largest absolute Gasteiger partial charge is 0.459 e. The van der Waals surface area contributed by atoms with Gasteiger partial charge in [0.2, 0.25) is 0 Å². The normalized spacial score (nSPS) is 19.1. The molecule has 7 heteroatoms. The molecule has 3 aromatic rings. The second-order valence-corrected chi connectivity index (χ2v) is 7.97. The number of rotatable bonds is 5. The van der Waals surface area contributed by atoms with Crippen molar-refractivity contribution < 1.29 is 9.52 Å². The van der Waals surface area contributed by atoms with Crippen LogP contribution in [0.15, 0.2) is 63.6 Å². The predicted octanol–water partition coefficient (Wildman–Crippen LogP) is 4.38. The fraction of sp³-hybridized carbons (Fsp3) is 0.238. The van der Waals surface area contributed by atoms with Crippen molar-refractivity contribution in [1.82, 2.24) is 15.2 Å². The monoisotopic (exact) mass is 457 g/mol. The van der Waals surface area contributed by atoms with Crippen molar-refractivity contribution in [3.05, 3.63) is 76.2 Å². The zero-order chi connectivity index (χ0) is 19.7. The van der Waals surface area contributed by atoms with E-state index in [0.717, 1.165) is 27.3 Å². The topological polar surface area (TPSA) is 61.5 Å². The minimum absolute atomic E-state index is 0.00430. The van der Waals surface area contributed by atoms with Crippen LogP contribution in [0.5, 0.6) is 0 Å². The second kappa shape index (κ2) is 8.03. The first-order valence-corrected chi connectivity index (χ1v) is 10.2. The SMILES string of the molecule is Cc1ccc(-c2ccc([C@H]3[C@H](c4ccccn4)NC(=S)N3CCO)o2)c(Br)c1. The van der Waals surface area contributed by atoms with Gasteiger partial charge in [0.15, 0.2) is 5.11 Å². The number of aromatic nitrogens is 1. The lowest BCUT2D eigenvalue weighted by Crippen LogP contribution is -2.32. The number of pyridine rings is 1. The summed E-state index contributed by atoms with van der Waals surface area (Å²) in [5, 5.41) is 13.5. The van der Waals surface area contributed by atoms with Crippen molar-refractivity contribution in [3.63, 3.8) is 0 Å². The van der Waals surface area contributed by atoms with Crippen LogP contribution in [0.25, 0.3) is 11.3 Å². The van der Waals surface area contributed by atoms with Crippen molar-refractivity contribution in [2.24, 2.45) is 0 Å². The van der Waals surface area contributed by atoms with Crippen molar-refractivity contribution in [2.75, 3.05) is 13.2 Å². The molecule has 1 aliphatic rings. The molecule has 2 atom stereocenters. The Bertz CT molecular complexity index is 992. The first kappa shape index (κ1) is 19.1. The highest BCUT2D eigenvalue weighted by molar-refractivity contribution is 9.10. The molecule has 1 aromatic carbocycles. The molecule has 0 unspecified atom stereocenters. The molecule has 0 aliphatic carbocycles. The Morgan fingerprint density at radius 3 is 2.82 bits per heavy atom. The van der Waals surface area contributed by atoms with Gasteiger partial charge in [0.25, 0.3) is 0 Å². The molecule has 144 valence electrons. The Labute approximate surface area is 177 Å². The van der Waals surface area contributed by atoms with Crippen LogP contribution < -0.4 is 5.32 Å². The maximum Gasteiger partial charge on any atom is 0.170 e. The first-order chi connectivity index (χ1) is 13.6. The summed E-state index contributed by atoms with van der Waals surface area (Å²) in [6.45, 7) is 2.48. The highest BCUT2D eigenvalue weighted by atomic mass is 79.9. The summed E-state index contributed by atoms with van der Waals surface area (Å²) in [4.78, 5) is 6.45. The lowest BCUT2D eigenvalue weighted by Gasteiger charge is -2.25. The maximum atomic E-state index is 9.53. The number of halogens is 1. The quantitative estimate of drug-likeness (QED) is 0.554. The number of furan rings is 1. The van der Waals surface area contributed by atoms with E-state index in [0.29, 0.717) is 11.7 Å². The van der Waals surface area contributed by atoms with Gasteiger partial charge >= 0.3 is 0 Å². The Hall–Kier alpha value is -2.22. The Morgan fingerprint density at radius 2 is 2.11 bits per heavy atom. The molecule has 5 nitrogen and oxygen atoms in total. The number of β-amino-alcohol motifs (C(OH)–C–C–N with tert-alkyl or cyclic N) is 1. The molecule has 0 spiro atoms. The smallest absolute Gasteiger partial charge is 0.170 e. The lowest BCUT2D eigenvalue weighted by molar-refractivity contribution is 0.209. The Morgan fingerprint density at radius 1 is 1.25 bits per heavy atom. The van der Waals surface area contributed by atoms with Gasteiger partial charge in [-0.15, -0.1) is 0 Å². The molecular weight excluding hydrogens is 438 g/mol. The second-order valence-electron chi connectivity index (χ2n) is 6.73. The number of hydrogen-bond donors (Lipinski definition) is 2. The summed E-state index contributed by atoms with van der Waals surface area (Å²) in [5.74, 6) is 1.56. The molecule has 0 bridgehead atoms. The van der Waals surface area contributed by atoms with E-state index in [2.05, 4.69) is 45.3 Å². The molecule has 1 saturated heterocycles. The van der Waals surface area contributed by atoms with Crippen molar-refractivity contribution in [2.45, 2.75) is 19.0 Å². The summed E-state index contributed by atoms with van der Waals surface area (Å²) in [6.07, 6.45) is 1.77. The summed E-state index contributed by atoms with van der Waals surface area (Å²) < 4.78 is 7.26. The number of aryl methyl sites for hydroxylation is 1. The number of nitrogens with one attached hydrogen (secondary N) is 1. The number of thiocarbonyl (C=S) groups is 1.